The molecule has 0 aromatic heterocycles. The minimum Gasteiger partial charge on any atom is -0.497 e. The molecule has 8 nitrogen and oxygen atoms in total. The molecule has 1 amide bonds. The van der Waals surface area contributed by atoms with Crippen LogP contribution in [0.5, 0.6) is 11.5 Å². The van der Waals surface area contributed by atoms with E-state index in [0.717, 1.165) is 0 Å². The van der Waals surface area contributed by atoms with E-state index in [1.54, 1.807) is 18.2 Å². The molecule has 0 unspecified atom stereocenters. The number of nitriles is 1. The van der Waals surface area contributed by atoms with Crippen molar-refractivity contribution >= 4 is 39.3 Å². The quantitative estimate of drug-likeness (QED) is 0.320. The van der Waals surface area contributed by atoms with Crippen LogP contribution >= 0.6 is 15.9 Å². The molecule has 0 bridgehead atoms. The summed E-state index contributed by atoms with van der Waals surface area (Å²) in [7, 11) is 2.97. The Kier molecular flexibility index (Phi) is 6.51. The third-order valence-electron chi connectivity index (χ3n) is 3.51. The molecule has 2 rings (SSSR count). The summed E-state index contributed by atoms with van der Waals surface area (Å²) in [5.74, 6) is 0.336. The lowest BCUT2D eigenvalue weighted by molar-refractivity contribution is -0.384. The summed E-state index contributed by atoms with van der Waals surface area (Å²) in [6, 6.07) is 10.7. The number of nitrogens with one attached hydrogen (secondary N) is 1. The number of rotatable bonds is 6. The normalized spacial score (nSPS) is 10.7. The Morgan fingerprint density at radius 3 is 2.56 bits per heavy atom. The molecule has 0 aliphatic rings. The standard InChI is InChI=1S/C18H14BrN3O5/c1-26-14-4-6-17(27-2)11(8-14)7-12(10-20)18(23)21-16-5-3-13(22(24)25)9-15(16)19/h3-9H,1-2H3,(H,21,23)/b12-7+. The number of benzene rings is 2. The first-order valence-electron chi connectivity index (χ1n) is 7.48. The van der Waals surface area contributed by atoms with Crippen LogP contribution in [-0.4, -0.2) is 25.1 Å². The molecule has 0 saturated carbocycles. The summed E-state index contributed by atoms with van der Waals surface area (Å²) in [5.41, 5.74) is 0.486. The molecule has 0 aliphatic carbocycles. The second-order valence-corrected chi connectivity index (χ2v) is 6.01. The second kappa shape index (κ2) is 8.82. The zero-order chi connectivity index (χ0) is 20.0. The van der Waals surface area contributed by atoms with Gasteiger partial charge in [0.05, 0.1) is 24.8 Å². The number of non-ortho nitro benzene ring substituents is 1. The van der Waals surface area contributed by atoms with Crippen molar-refractivity contribution in [1.29, 1.82) is 5.26 Å². The molecule has 0 saturated heterocycles. The molecule has 0 atom stereocenters. The second-order valence-electron chi connectivity index (χ2n) is 5.15. The Hall–Kier alpha value is -3.38. The number of nitro groups is 1. The highest BCUT2D eigenvalue weighted by molar-refractivity contribution is 9.10. The minimum absolute atomic E-state index is 0.128. The van der Waals surface area contributed by atoms with Gasteiger partial charge in [0.2, 0.25) is 0 Å². The van der Waals surface area contributed by atoms with Crippen LogP contribution in [0.1, 0.15) is 5.56 Å². The van der Waals surface area contributed by atoms with E-state index in [2.05, 4.69) is 21.2 Å². The van der Waals surface area contributed by atoms with Gasteiger partial charge in [-0.1, -0.05) is 0 Å². The molecule has 0 heterocycles. The van der Waals surface area contributed by atoms with Gasteiger partial charge in [-0.15, -0.1) is 0 Å². The van der Waals surface area contributed by atoms with Crippen LogP contribution < -0.4 is 14.8 Å². The van der Waals surface area contributed by atoms with Crippen LogP contribution in [-0.2, 0) is 4.79 Å². The summed E-state index contributed by atoms with van der Waals surface area (Å²) in [5, 5.41) is 22.7. The van der Waals surface area contributed by atoms with E-state index < -0.39 is 10.8 Å². The number of anilines is 1. The van der Waals surface area contributed by atoms with Gasteiger partial charge in [0.1, 0.15) is 23.1 Å². The van der Waals surface area contributed by atoms with Gasteiger partial charge < -0.3 is 14.8 Å². The molecule has 138 valence electrons. The monoisotopic (exact) mass is 431 g/mol. The zero-order valence-electron chi connectivity index (χ0n) is 14.4. The average Bonchev–Trinajstić information content (AvgIpc) is 2.67. The Balaban J connectivity index is 2.33. The van der Waals surface area contributed by atoms with Gasteiger partial charge in [-0.3, -0.25) is 14.9 Å². The van der Waals surface area contributed by atoms with Gasteiger partial charge >= 0.3 is 0 Å². The Morgan fingerprint density at radius 1 is 1.26 bits per heavy atom. The van der Waals surface area contributed by atoms with E-state index in [0.29, 0.717) is 27.2 Å². The number of hydrogen-bond acceptors (Lipinski definition) is 6. The number of carbonyl (C=O) groups is 1. The lowest BCUT2D eigenvalue weighted by Crippen LogP contribution is -2.14. The Bertz CT molecular complexity index is 966. The summed E-state index contributed by atoms with van der Waals surface area (Å²) >= 11 is 3.17. The number of methoxy groups -OCH3 is 2. The molecule has 1 N–H and O–H groups in total. The predicted octanol–water partition coefficient (Wildman–Crippen LogP) is 3.92. The largest absolute Gasteiger partial charge is 0.497 e. The molecule has 0 spiro atoms. The lowest BCUT2D eigenvalue weighted by Gasteiger charge is -2.09. The lowest BCUT2D eigenvalue weighted by atomic mass is 10.1. The van der Waals surface area contributed by atoms with Crippen molar-refractivity contribution in [2.24, 2.45) is 0 Å². The van der Waals surface area contributed by atoms with Gasteiger partial charge in [0, 0.05) is 22.2 Å². The summed E-state index contributed by atoms with van der Waals surface area (Å²) in [4.78, 5) is 22.7. The maximum Gasteiger partial charge on any atom is 0.270 e. The highest BCUT2D eigenvalue weighted by Gasteiger charge is 2.15. The number of hydrogen-bond donors (Lipinski definition) is 1. The molecule has 0 radical (unpaired) electrons. The third kappa shape index (κ3) is 4.83. The van der Waals surface area contributed by atoms with Crippen LogP contribution in [0.15, 0.2) is 46.4 Å². The van der Waals surface area contributed by atoms with E-state index in [-0.39, 0.29) is 11.3 Å². The zero-order valence-corrected chi connectivity index (χ0v) is 15.9. The van der Waals surface area contributed by atoms with Crippen molar-refractivity contribution in [1.82, 2.24) is 0 Å². The van der Waals surface area contributed by atoms with E-state index in [9.17, 15) is 20.2 Å². The van der Waals surface area contributed by atoms with E-state index >= 15 is 0 Å². The van der Waals surface area contributed by atoms with Gasteiger partial charge in [0.15, 0.2) is 0 Å². The highest BCUT2D eigenvalue weighted by Crippen LogP contribution is 2.29. The first kappa shape index (κ1) is 19.9. The van der Waals surface area contributed by atoms with E-state index in [1.165, 1.54) is 38.5 Å². The fourth-order valence-electron chi connectivity index (χ4n) is 2.16. The molecule has 0 fully saturated rings. The molecule has 0 aliphatic heterocycles. The van der Waals surface area contributed by atoms with Crippen LogP contribution in [0.3, 0.4) is 0 Å². The van der Waals surface area contributed by atoms with Crippen molar-refractivity contribution < 1.29 is 19.2 Å². The fourth-order valence-corrected chi connectivity index (χ4v) is 2.63. The SMILES string of the molecule is COc1ccc(OC)c(/C=C(\C#N)C(=O)Nc2ccc([N+](=O)[O-])cc2Br)c1. The average molecular weight is 432 g/mol. The van der Waals surface area contributed by atoms with E-state index in [4.69, 9.17) is 9.47 Å². The summed E-state index contributed by atoms with van der Waals surface area (Å²) < 4.78 is 10.7. The molecule has 9 heteroatoms. The molecule has 27 heavy (non-hydrogen) atoms. The number of nitrogens with zero attached hydrogens (tertiary/aromatic N) is 2. The Morgan fingerprint density at radius 2 is 2.00 bits per heavy atom. The van der Waals surface area contributed by atoms with Crippen molar-refractivity contribution in [3.8, 4) is 17.6 Å². The molecule has 2 aromatic carbocycles. The third-order valence-corrected chi connectivity index (χ3v) is 4.17. The number of halogens is 1. The van der Waals surface area contributed by atoms with Gasteiger partial charge in [-0.25, -0.2) is 0 Å². The molecule has 2 aromatic rings. The highest BCUT2D eigenvalue weighted by atomic mass is 79.9. The topological polar surface area (TPSA) is 114 Å². The van der Waals surface area contributed by atoms with Crippen LogP contribution in [0.4, 0.5) is 11.4 Å². The fraction of sp³-hybridized carbons (Fsp3) is 0.111. The van der Waals surface area contributed by atoms with Gasteiger partial charge in [0.25, 0.3) is 11.6 Å². The smallest absolute Gasteiger partial charge is 0.270 e. The first-order valence-corrected chi connectivity index (χ1v) is 8.28. The van der Waals surface area contributed by atoms with Crippen LogP contribution in [0, 0.1) is 21.4 Å². The maximum absolute atomic E-state index is 12.4. The molecular weight excluding hydrogens is 418 g/mol. The minimum atomic E-state index is -0.670. The van der Waals surface area contributed by atoms with E-state index in [1.807, 2.05) is 6.07 Å². The molecular formula is C18H14BrN3O5. The van der Waals surface area contributed by atoms with Crippen LogP contribution in [0.25, 0.3) is 6.08 Å². The predicted molar refractivity (Wildman–Crippen MR) is 103 cm³/mol. The number of carbonyl (C=O) groups excluding carboxylic acids is 1. The van der Waals surface area contributed by atoms with Crippen LogP contribution in [0.2, 0.25) is 0 Å². The van der Waals surface area contributed by atoms with Crippen molar-refractivity contribution in [3.05, 3.63) is 62.1 Å². The Labute approximate surface area is 163 Å². The summed E-state index contributed by atoms with van der Waals surface area (Å²) in [6.07, 6.45) is 1.37. The number of nitro benzene ring substituents is 1. The number of ether oxygens (including phenoxy) is 2. The number of amides is 1. The van der Waals surface area contributed by atoms with Crippen molar-refractivity contribution in [2.75, 3.05) is 19.5 Å². The first-order chi connectivity index (χ1) is 12.9. The maximum atomic E-state index is 12.4. The van der Waals surface area contributed by atoms with Crippen molar-refractivity contribution in [3.63, 3.8) is 0 Å². The van der Waals surface area contributed by atoms with Crippen molar-refractivity contribution in [2.45, 2.75) is 0 Å². The van der Waals surface area contributed by atoms with Gasteiger partial charge in [-0.2, -0.15) is 5.26 Å². The van der Waals surface area contributed by atoms with Gasteiger partial charge in [-0.05, 0) is 46.3 Å². The summed E-state index contributed by atoms with van der Waals surface area (Å²) in [6.45, 7) is 0.